The Morgan fingerprint density at radius 1 is 1.25 bits per heavy atom. The van der Waals surface area contributed by atoms with Crippen LogP contribution in [0.2, 0.25) is 0 Å². The van der Waals surface area contributed by atoms with E-state index in [0.29, 0.717) is 24.1 Å². The number of nitrogens with zero attached hydrogens (tertiary/aromatic N) is 1. The van der Waals surface area contributed by atoms with Gasteiger partial charge in [0.25, 0.3) is 0 Å². The van der Waals surface area contributed by atoms with Gasteiger partial charge in [0, 0.05) is 23.5 Å². The van der Waals surface area contributed by atoms with Gasteiger partial charge in [0.2, 0.25) is 11.8 Å². The first-order valence-electron chi connectivity index (χ1n) is 6.43. The standard InChI is InChI=1S/C14H11N3O3/c18-11-4-1-8(14(19)16-11)13-12-7-5-6-15-9(7)2-3-10(12)20-17-13/h2-3,5-6,8,15H,1,4H2,(H,16,18,19)/t8-/m0/s1. The molecule has 0 radical (unpaired) electrons. The van der Waals surface area contributed by atoms with Crippen molar-refractivity contribution >= 4 is 33.7 Å². The van der Waals surface area contributed by atoms with E-state index in [1.165, 1.54) is 0 Å². The zero-order valence-corrected chi connectivity index (χ0v) is 10.5. The summed E-state index contributed by atoms with van der Waals surface area (Å²) in [5.74, 6) is -0.968. The number of benzene rings is 1. The largest absolute Gasteiger partial charge is 0.361 e. The number of aromatic amines is 1. The lowest BCUT2D eigenvalue weighted by Gasteiger charge is -2.18. The molecule has 4 rings (SSSR count). The number of aromatic nitrogens is 2. The van der Waals surface area contributed by atoms with Crippen LogP contribution in [0.1, 0.15) is 24.5 Å². The number of nitrogens with one attached hydrogen (secondary N) is 2. The van der Waals surface area contributed by atoms with Gasteiger partial charge < -0.3 is 9.51 Å². The van der Waals surface area contributed by atoms with Crippen molar-refractivity contribution in [1.82, 2.24) is 15.5 Å². The Morgan fingerprint density at radius 3 is 3.00 bits per heavy atom. The summed E-state index contributed by atoms with van der Waals surface area (Å²) in [6.45, 7) is 0. The van der Waals surface area contributed by atoms with Crippen LogP contribution in [0, 0.1) is 0 Å². The van der Waals surface area contributed by atoms with Crippen LogP contribution in [0.4, 0.5) is 0 Å². The number of fused-ring (bicyclic) bond motifs is 3. The first kappa shape index (κ1) is 11.2. The highest BCUT2D eigenvalue weighted by Crippen LogP contribution is 2.34. The van der Waals surface area contributed by atoms with Gasteiger partial charge >= 0.3 is 0 Å². The first-order valence-corrected chi connectivity index (χ1v) is 6.43. The van der Waals surface area contributed by atoms with Gasteiger partial charge in [-0.15, -0.1) is 0 Å². The Hall–Kier alpha value is -2.63. The lowest BCUT2D eigenvalue weighted by molar-refractivity contribution is -0.134. The number of hydrogen-bond donors (Lipinski definition) is 2. The maximum Gasteiger partial charge on any atom is 0.235 e. The second-order valence-corrected chi connectivity index (χ2v) is 4.95. The molecule has 2 amide bonds. The van der Waals surface area contributed by atoms with E-state index < -0.39 is 5.92 Å². The predicted octanol–water partition coefficient (Wildman–Crippen LogP) is 1.83. The molecule has 6 nitrogen and oxygen atoms in total. The molecule has 0 saturated carbocycles. The van der Waals surface area contributed by atoms with Crippen molar-refractivity contribution in [2.45, 2.75) is 18.8 Å². The molecule has 1 fully saturated rings. The Kier molecular flexibility index (Phi) is 2.20. The molecule has 0 bridgehead atoms. The van der Waals surface area contributed by atoms with Gasteiger partial charge in [-0.1, -0.05) is 5.16 Å². The van der Waals surface area contributed by atoms with E-state index in [1.54, 1.807) is 0 Å². The summed E-state index contributed by atoms with van der Waals surface area (Å²) in [5, 5.41) is 8.24. The number of carbonyl (C=O) groups is 2. The average molecular weight is 269 g/mol. The van der Waals surface area contributed by atoms with Crippen LogP contribution >= 0.6 is 0 Å². The molecule has 0 unspecified atom stereocenters. The van der Waals surface area contributed by atoms with Gasteiger partial charge in [0.1, 0.15) is 5.69 Å². The summed E-state index contributed by atoms with van der Waals surface area (Å²) >= 11 is 0. The highest BCUT2D eigenvalue weighted by molar-refractivity contribution is 6.09. The van der Waals surface area contributed by atoms with Crippen LogP contribution in [0.5, 0.6) is 0 Å². The van der Waals surface area contributed by atoms with Crippen LogP contribution in [0.25, 0.3) is 21.9 Å². The molecule has 1 saturated heterocycles. The fourth-order valence-corrected chi connectivity index (χ4v) is 2.79. The molecule has 6 heteroatoms. The van der Waals surface area contributed by atoms with Gasteiger partial charge in [-0.3, -0.25) is 14.9 Å². The number of imide groups is 1. The van der Waals surface area contributed by atoms with Crippen LogP contribution < -0.4 is 5.32 Å². The van der Waals surface area contributed by atoms with E-state index >= 15 is 0 Å². The monoisotopic (exact) mass is 269 g/mol. The van der Waals surface area contributed by atoms with E-state index in [0.717, 1.165) is 16.3 Å². The molecule has 0 aliphatic carbocycles. The van der Waals surface area contributed by atoms with Crippen LogP contribution in [0.3, 0.4) is 0 Å². The van der Waals surface area contributed by atoms with Crippen molar-refractivity contribution in [3.05, 3.63) is 30.1 Å². The van der Waals surface area contributed by atoms with Crippen LogP contribution in [0.15, 0.2) is 28.9 Å². The lowest BCUT2D eigenvalue weighted by Crippen LogP contribution is -2.39. The van der Waals surface area contributed by atoms with Crippen molar-refractivity contribution in [3.8, 4) is 0 Å². The number of rotatable bonds is 1. The van der Waals surface area contributed by atoms with Gasteiger partial charge in [0.05, 0.1) is 11.3 Å². The molecule has 2 N–H and O–H groups in total. The third-order valence-electron chi connectivity index (χ3n) is 3.76. The maximum absolute atomic E-state index is 12.0. The number of hydrogen-bond acceptors (Lipinski definition) is 4. The Morgan fingerprint density at radius 2 is 2.15 bits per heavy atom. The molecule has 20 heavy (non-hydrogen) atoms. The first-order chi connectivity index (χ1) is 9.74. The molecule has 100 valence electrons. The van der Waals surface area contributed by atoms with E-state index in [9.17, 15) is 9.59 Å². The zero-order chi connectivity index (χ0) is 13.7. The Labute approximate surface area is 113 Å². The second kappa shape index (κ2) is 3.93. The summed E-state index contributed by atoms with van der Waals surface area (Å²) in [6.07, 6.45) is 2.63. The van der Waals surface area contributed by atoms with Crippen molar-refractivity contribution < 1.29 is 14.1 Å². The van der Waals surface area contributed by atoms with E-state index in [4.69, 9.17) is 4.52 Å². The molecular weight excluding hydrogens is 258 g/mol. The van der Waals surface area contributed by atoms with Gasteiger partial charge in [-0.2, -0.15) is 0 Å². The van der Waals surface area contributed by atoms with E-state index in [2.05, 4.69) is 15.5 Å². The molecule has 1 atom stereocenters. The van der Waals surface area contributed by atoms with Crippen LogP contribution in [-0.2, 0) is 9.59 Å². The van der Waals surface area contributed by atoms with Crippen LogP contribution in [-0.4, -0.2) is 22.0 Å². The van der Waals surface area contributed by atoms with Gasteiger partial charge in [-0.25, -0.2) is 0 Å². The minimum atomic E-state index is -0.436. The number of amides is 2. The average Bonchev–Trinajstić information content (AvgIpc) is 3.03. The Balaban J connectivity index is 1.93. The third-order valence-corrected chi connectivity index (χ3v) is 3.76. The number of carbonyl (C=O) groups excluding carboxylic acids is 2. The SMILES string of the molecule is O=C1CC[C@@H](c2noc3ccc4[nH]ccc4c23)C(=O)N1. The van der Waals surface area contributed by atoms with Gasteiger partial charge in [-0.05, 0) is 24.6 Å². The Bertz CT molecular complexity index is 846. The molecule has 3 heterocycles. The lowest BCUT2D eigenvalue weighted by atomic mass is 9.92. The summed E-state index contributed by atoms with van der Waals surface area (Å²) in [4.78, 5) is 26.4. The summed E-state index contributed by atoms with van der Waals surface area (Å²) in [6, 6.07) is 5.68. The molecule has 3 aromatic rings. The molecule has 1 aliphatic rings. The van der Waals surface area contributed by atoms with E-state index in [1.807, 2.05) is 24.4 Å². The highest BCUT2D eigenvalue weighted by atomic mass is 16.5. The fraction of sp³-hybridized carbons (Fsp3) is 0.214. The molecule has 1 aromatic carbocycles. The molecular formula is C14H11N3O3. The fourth-order valence-electron chi connectivity index (χ4n) is 2.79. The molecule has 2 aromatic heterocycles. The predicted molar refractivity (Wildman–Crippen MR) is 71.0 cm³/mol. The van der Waals surface area contributed by atoms with Gasteiger partial charge in [0.15, 0.2) is 5.58 Å². The normalized spacial score (nSPS) is 19.7. The minimum Gasteiger partial charge on any atom is -0.361 e. The maximum atomic E-state index is 12.0. The molecule has 0 spiro atoms. The smallest absolute Gasteiger partial charge is 0.235 e. The van der Waals surface area contributed by atoms with E-state index in [-0.39, 0.29) is 11.8 Å². The zero-order valence-electron chi connectivity index (χ0n) is 10.5. The summed E-state index contributed by atoms with van der Waals surface area (Å²) < 4.78 is 5.33. The number of H-pyrrole nitrogens is 1. The third kappa shape index (κ3) is 1.48. The van der Waals surface area contributed by atoms with Crippen molar-refractivity contribution in [1.29, 1.82) is 0 Å². The summed E-state index contributed by atoms with van der Waals surface area (Å²) in [5.41, 5.74) is 2.22. The quantitative estimate of drug-likeness (QED) is 0.660. The van der Waals surface area contributed by atoms with Crippen molar-refractivity contribution in [3.63, 3.8) is 0 Å². The second-order valence-electron chi connectivity index (χ2n) is 4.95. The highest BCUT2D eigenvalue weighted by Gasteiger charge is 2.32. The topological polar surface area (TPSA) is 88.0 Å². The minimum absolute atomic E-state index is 0.231. The van der Waals surface area contributed by atoms with Crippen molar-refractivity contribution in [2.24, 2.45) is 0 Å². The van der Waals surface area contributed by atoms with Crippen molar-refractivity contribution in [2.75, 3.05) is 0 Å². The molecule has 1 aliphatic heterocycles. The summed E-state index contributed by atoms with van der Waals surface area (Å²) in [7, 11) is 0. The number of piperidine rings is 1.